The van der Waals surface area contributed by atoms with Crippen LogP contribution in [0.4, 0.5) is 0 Å². The van der Waals surface area contributed by atoms with Crippen LogP contribution in [-0.2, 0) is 19.1 Å². The first-order valence-corrected chi connectivity index (χ1v) is 6.51. The van der Waals surface area contributed by atoms with E-state index in [2.05, 4.69) is 6.58 Å². The molecule has 0 aliphatic rings. The fourth-order valence-corrected chi connectivity index (χ4v) is 1.93. The van der Waals surface area contributed by atoms with Crippen LogP contribution in [0.15, 0.2) is 23.8 Å². The van der Waals surface area contributed by atoms with Crippen molar-refractivity contribution in [3.8, 4) is 0 Å². The van der Waals surface area contributed by atoms with Gasteiger partial charge in [-0.25, -0.2) is 4.79 Å². The Hall–Kier alpha value is -1.95. The smallest absolute Gasteiger partial charge is 0.333 e. The van der Waals surface area contributed by atoms with Crippen LogP contribution in [-0.4, -0.2) is 55.5 Å². The molecular weight excluding hydrogens is 274 g/mol. The van der Waals surface area contributed by atoms with Crippen molar-refractivity contribution in [2.75, 3.05) is 27.7 Å². The highest BCUT2D eigenvalue weighted by Gasteiger charge is 2.50. The van der Waals surface area contributed by atoms with E-state index in [0.717, 1.165) is 6.08 Å². The predicted molar refractivity (Wildman–Crippen MR) is 76.0 cm³/mol. The minimum absolute atomic E-state index is 0.0312. The molecule has 0 spiro atoms. The molecule has 6 nitrogen and oxygen atoms in total. The standard InChI is InChI=1S/C15H23NO5/c1-8-21-13(18)11(4)9-15(14(19)20,16(5,6)7)12(17)10(2)3/h9H,2,8H2,1,3-7H3. The van der Waals surface area contributed by atoms with Crippen LogP contribution in [0.1, 0.15) is 20.8 Å². The van der Waals surface area contributed by atoms with Crippen LogP contribution in [0, 0.1) is 0 Å². The number of quaternary nitrogens is 1. The molecular formula is C15H23NO5. The first-order valence-electron chi connectivity index (χ1n) is 6.51. The van der Waals surface area contributed by atoms with E-state index in [9.17, 15) is 19.5 Å². The molecule has 0 heterocycles. The lowest BCUT2D eigenvalue weighted by atomic mass is 9.85. The molecule has 0 aromatic carbocycles. The number of carboxylic acids is 1. The number of carboxylic acid groups (broad SMARTS) is 1. The van der Waals surface area contributed by atoms with Crippen molar-refractivity contribution in [2.45, 2.75) is 26.3 Å². The highest BCUT2D eigenvalue weighted by Crippen LogP contribution is 2.26. The minimum atomic E-state index is -2.04. The number of nitrogens with zero attached hydrogens (tertiary/aromatic N) is 1. The fraction of sp³-hybridized carbons (Fsp3) is 0.533. The maximum absolute atomic E-state index is 12.4. The summed E-state index contributed by atoms with van der Waals surface area (Å²) in [6.45, 7) is 8.12. The molecule has 0 saturated carbocycles. The van der Waals surface area contributed by atoms with E-state index in [-0.39, 0.29) is 22.2 Å². The van der Waals surface area contributed by atoms with Crippen molar-refractivity contribution in [2.24, 2.45) is 0 Å². The van der Waals surface area contributed by atoms with Gasteiger partial charge in [0.1, 0.15) is 5.97 Å². The van der Waals surface area contributed by atoms with Crippen molar-refractivity contribution in [3.63, 3.8) is 0 Å². The monoisotopic (exact) mass is 297 g/mol. The molecule has 0 fully saturated rings. The second-order valence-electron chi connectivity index (χ2n) is 5.72. The van der Waals surface area contributed by atoms with E-state index in [4.69, 9.17) is 4.74 Å². The lowest BCUT2D eigenvalue weighted by molar-refractivity contribution is -0.898. The average Bonchev–Trinajstić information content (AvgIpc) is 2.32. The summed E-state index contributed by atoms with van der Waals surface area (Å²) in [7, 11) is 4.60. The molecule has 0 radical (unpaired) electrons. The van der Waals surface area contributed by atoms with Gasteiger partial charge in [0.25, 0.3) is 0 Å². The fourth-order valence-electron chi connectivity index (χ4n) is 1.93. The maximum atomic E-state index is 12.4. The summed E-state index contributed by atoms with van der Waals surface area (Å²) in [6.07, 6.45) is 1.09. The highest BCUT2D eigenvalue weighted by molar-refractivity contribution is 6.16. The molecule has 0 aromatic heterocycles. The van der Waals surface area contributed by atoms with Gasteiger partial charge in [-0.2, -0.15) is 0 Å². The zero-order valence-electron chi connectivity index (χ0n) is 13.5. The number of esters is 1. The molecule has 6 heteroatoms. The van der Waals surface area contributed by atoms with Gasteiger partial charge in [-0.15, -0.1) is 0 Å². The summed E-state index contributed by atoms with van der Waals surface area (Å²) in [5.74, 6) is -2.98. The zero-order valence-corrected chi connectivity index (χ0v) is 13.5. The summed E-state index contributed by atoms with van der Waals surface area (Å²) in [6, 6.07) is 0. The number of carbonyl (C=O) groups is 3. The van der Waals surface area contributed by atoms with Crippen LogP contribution in [0.2, 0.25) is 0 Å². The summed E-state index contributed by atoms with van der Waals surface area (Å²) in [5.41, 5.74) is -1.94. The van der Waals surface area contributed by atoms with Gasteiger partial charge in [-0.3, -0.25) is 4.79 Å². The number of hydrogen-bond acceptors (Lipinski definition) is 5. The van der Waals surface area contributed by atoms with Crippen molar-refractivity contribution >= 4 is 17.7 Å². The quantitative estimate of drug-likeness (QED) is 0.282. The first-order chi connectivity index (χ1) is 9.41. The largest absolute Gasteiger partial charge is 0.543 e. The molecule has 21 heavy (non-hydrogen) atoms. The van der Waals surface area contributed by atoms with Crippen molar-refractivity contribution in [1.29, 1.82) is 0 Å². The van der Waals surface area contributed by atoms with E-state index >= 15 is 0 Å². The molecule has 1 atom stereocenters. The van der Waals surface area contributed by atoms with Gasteiger partial charge in [0, 0.05) is 11.6 Å². The van der Waals surface area contributed by atoms with E-state index in [1.54, 1.807) is 6.92 Å². The van der Waals surface area contributed by atoms with Crippen LogP contribution in [0.5, 0.6) is 0 Å². The Morgan fingerprint density at radius 1 is 1.24 bits per heavy atom. The second kappa shape index (κ2) is 6.67. The Bertz CT molecular complexity index is 499. The third kappa shape index (κ3) is 3.78. The van der Waals surface area contributed by atoms with Crippen LogP contribution in [0.25, 0.3) is 0 Å². The molecule has 0 amide bonds. The van der Waals surface area contributed by atoms with Crippen LogP contribution >= 0.6 is 0 Å². The number of rotatable bonds is 7. The Balaban J connectivity index is 6.24. The van der Waals surface area contributed by atoms with Crippen molar-refractivity contribution in [3.05, 3.63) is 23.8 Å². The Kier molecular flexibility index (Phi) is 6.05. The topological polar surface area (TPSA) is 83.5 Å². The van der Waals surface area contributed by atoms with E-state index < -0.39 is 23.3 Å². The normalized spacial score (nSPS) is 15.0. The van der Waals surface area contributed by atoms with E-state index in [0.29, 0.717) is 0 Å². The number of ether oxygens (including phenoxy) is 1. The predicted octanol–water partition coefficient (Wildman–Crippen LogP) is -0.164. The van der Waals surface area contributed by atoms with Crippen molar-refractivity contribution in [1.82, 2.24) is 0 Å². The molecule has 1 unspecified atom stereocenters. The summed E-state index contributed by atoms with van der Waals surface area (Å²) < 4.78 is 4.54. The van der Waals surface area contributed by atoms with Gasteiger partial charge in [-0.05, 0) is 26.3 Å². The highest BCUT2D eigenvalue weighted by atomic mass is 16.5. The molecule has 0 aromatic rings. The Labute approximate surface area is 125 Å². The molecule has 0 saturated heterocycles. The first kappa shape index (κ1) is 19.1. The summed E-state index contributed by atoms with van der Waals surface area (Å²) in [4.78, 5) is 35.9. The van der Waals surface area contributed by atoms with E-state index in [1.165, 1.54) is 35.0 Å². The lowest BCUT2D eigenvalue weighted by Crippen LogP contribution is -2.69. The lowest BCUT2D eigenvalue weighted by Gasteiger charge is -2.43. The van der Waals surface area contributed by atoms with Gasteiger partial charge < -0.3 is 19.1 Å². The Morgan fingerprint density at radius 2 is 1.71 bits per heavy atom. The number of aliphatic carboxylic acids is 1. The summed E-state index contributed by atoms with van der Waals surface area (Å²) >= 11 is 0. The zero-order chi connectivity index (χ0) is 17.0. The SMILES string of the molecule is C=C(C)C(=O)C(C=C(C)C(=O)OCC)(C(=O)[O-])[N+](C)(C)C. The molecule has 0 rings (SSSR count). The van der Waals surface area contributed by atoms with Gasteiger partial charge >= 0.3 is 5.97 Å². The number of Topliss-reactive ketones (excluding diaryl/α,β-unsaturated/α-hetero) is 1. The number of ketones is 1. The third-order valence-electron chi connectivity index (χ3n) is 3.13. The van der Waals surface area contributed by atoms with Gasteiger partial charge in [0.05, 0.1) is 27.7 Å². The molecule has 0 aliphatic heterocycles. The summed E-state index contributed by atoms with van der Waals surface area (Å²) in [5, 5.41) is 11.7. The van der Waals surface area contributed by atoms with Crippen LogP contribution in [0.3, 0.4) is 0 Å². The number of likely N-dealkylation sites (N-methyl/N-ethyl adjacent to an activating group) is 1. The molecule has 0 bridgehead atoms. The molecule has 0 aliphatic carbocycles. The second-order valence-corrected chi connectivity index (χ2v) is 5.72. The minimum Gasteiger partial charge on any atom is -0.543 e. The molecule has 118 valence electrons. The van der Waals surface area contributed by atoms with E-state index in [1.807, 2.05) is 0 Å². The third-order valence-corrected chi connectivity index (χ3v) is 3.13. The maximum Gasteiger partial charge on any atom is 0.333 e. The number of hydrogen-bond donors (Lipinski definition) is 0. The Morgan fingerprint density at radius 3 is 2.00 bits per heavy atom. The van der Waals surface area contributed by atoms with Gasteiger partial charge in [-0.1, -0.05) is 6.58 Å². The van der Waals surface area contributed by atoms with Crippen molar-refractivity contribution < 1.29 is 28.7 Å². The number of carbonyl (C=O) groups excluding carboxylic acids is 3. The van der Waals surface area contributed by atoms with Gasteiger partial charge in [0.15, 0.2) is 0 Å². The van der Waals surface area contributed by atoms with Gasteiger partial charge in [0.2, 0.25) is 11.3 Å². The average molecular weight is 297 g/mol. The van der Waals surface area contributed by atoms with Crippen LogP contribution < -0.4 is 5.11 Å². The molecule has 0 N–H and O–H groups in total.